The first-order chi connectivity index (χ1) is 13.9. The molecule has 0 heterocycles. The normalized spacial score (nSPS) is 13.9. The Bertz CT molecular complexity index is 516. The van der Waals surface area contributed by atoms with Gasteiger partial charge in [-0.25, -0.2) is 9.59 Å². The average molecular weight is 475 g/mol. The van der Waals surface area contributed by atoms with Gasteiger partial charge in [-0.2, -0.15) is 0 Å². The largest absolute Gasteiger partial charge is 0.463 e. The number of carbonyl (C=O) groups is 2. The SMILES string of the molecule is CC=CC(=O)OCCC[SiH](CCCOC(=O)C=CC)C(O[Si](C)(C)C)O[Si](C)(C)C. The van der Waals surface area contributed by atoms with Crippen LogP contribution < -0.4 is 0 Å². The summed E-state index contributed by atoms with van der Waals surface area (Å²) in [5.41, 5.74) is 0. The quantitative estimate of drug-likeness (QED) is 0.112. The van der Waals surface area contributed by atoms with Crippen molar-refractivity contribution in [3.8, 4) is 0 Å². The van der Waals surface area contributed by atoms with Crippen molar-refractivity contribution < 1.29 is 27.9 Å². The number of hydrogen-bond donors (Lipinski definition) is 0. The zero-order chi connectivity index (χ0) is 23.2. The molecule has 6 nitrogen and oxygen atoms in total. The molecule has 0 aliphatic rings. The van der Waals surface area contributed by atoms with Crippen molar-refractivity contribution in [2.24, 2.45) is 0 Å². The summed E-state index contributed by atoms with van der Waals surface area (Å²) in [7, 11) is -5.08. The van der Waals surface area contributed by atoms with Crippen LogP contribution in [0.25, 0.3) is 0 Å². The summed E-state index contributed by atoms with van der Waals surface area (Å²) in [5.74, 6) is -0.763. The van der Waals surface area contributed by atoms with Gasteiger partial charge in [-0.15, -0.1) is 0 Å². The zero-order valence-electron chi connectivity index (χ0n) is 20.2. The molecule has 9 heteroatoms. The van der Waals surface area contributed by atoms with E-state index in [9.17, 15) is 9.59 Å². The van der Waals surface area contributed by atoms with E-state index < -0.39 is 25.4 Å². The zero-order valence-corrected chi connectivity index (χ0v) is 23.3. The second-order valence-electron chi connectivity index (χ2n) is 9.21. The van der Waals surface area contributed by atoms with Crippen molar-refractivity contribution in [2.75, 3.05) is 13.2 Å². The number of carbonyl (C=O) groups excluding carboxylic acids is 2. The third kappa shape index (κ3) is 16.8. The van der Waals surface area contributed by atoms with Crippen LogP contribution in [0.15, 0.2) is 24.3 Å². The average Bonchev–Trinajstić information content (AvgIpc) is 2.57. The molecule has 0 rings (SSSR count). The van der Waals surface area contributed by atoms with Crippen LogP contribution in [0.4, 0.5) is 0 Å². The molecule has 0 aromatic heterocycles. The monoisotopic (exact) mass is 474 g/mol. The van der Waals surface area contributed by atoms with Crippen LogP contribution >= 0.6 is 0 Å². The summed E-state index contributed by atoms with van der Waals surface area (Å²) < 4.78 is 23.5. The molecule has 0 aliphatic heterocycles. The smallest absolute Gasteiger partial charge is 0.330 e. The predicted molar refractivity (Wildman–Crippen MR) is 130 cm³/mol. The Hall–Kier alpha value is -1.01. The molecular formula is C21H42O6Si3. The molecule has 0 aliphatic carbocycles. The maximum absolute atomic E-state index is 11.5. The van der Waals surface area contributed by atoms with Crippen LogP contribution in [0.2, 0.25) is 51.4 Å². The predicted octanol–water partition coefficient (Wildman–Crippen LogP) is 4.80. The van der Waals surface area contributed by atoms with Gasteiger partial charge in [-0.3, -0.25) is 0 Å². The van der Waals surface area contributed by atoms with Crippen LogP contribution in [0.5, 0.6) is 0 Å². The van der Waals surface area contributed by atoms with Gasteiger partial charge >= 0.3 is 11.9 Å². The number of rotatable bonds is 15. The molecule has 174 valence electrons. The molecule has 0 saturated carbocycles. The Kier molecular flexibility index (Phi) is 14.4. The molecule has 0 amide bonds. The second-order valence-corrected chi connectivity index (χ2v) is 21.3. The topological polar surface area (TPSA) is 71.1 Å². The fourth-order valence-electron chi connectivity index (χ4n) is 2.73. The lowest BCUT2D eigenvalue weighted by Gasteiger charge is -2.36. The Morgan fingerprint density at radius 2 is 1.13 bits per heavy atom. The highest BCUT2D eigenvalue weighted by Crippen LogP contribution is 2.22. The van der Waals surface area contributed by atoms with Gasteiger partial charge in [0.1, 0.15) is 14.7 Å². The van der Waals surface area contributed by atoms with Crippen molar-refractivity contribution in [3.63, 3.8) is 0 Å². The van der Waals surface area contributed by atoms with Gasteiger partial charge in [-0.1, -0.05) is 24.2 Å². The molecule has 0 aromatic rings. The first kappa shape index (κ1) is 29.0. The molecule has 0 unspecified atom stereocenters. The fraction of sp³-hybridized carbons (Fsp3) is 0.714. The fourth-order valence-corrected chi connectivity index (χ4v) is 10.5. The lowest BCUT2D eigenvalue weighted by Crippen LogP contribution is -2.48. The van der Waals surface area contributed by atoms with Crippen molar-refractivity contribution in [1.82, 2.24) is 0 Å². The van der Waals surface area contributed by atoms with Crippen LogP contribution in [0, 0.1) is 0 Å². The summed E-state index contributed by atoms with van der Waals surface area (Å²) >= 11 is 0. The molecule has 30 heavy (non-hydrogen) atoms. The van der Waals surface area contributed by atoms with E-state index in [4.69, 9.17) is 18.3 Å². The Balaban J connectivity index is 5.03. The van der Waals surface area contributed by atoms with Gasteiger partial charge in [0.2, 0.25) is 0 Å². The Morgan fingerprint density at radius 3 is 1.43 bits per heavy atom. The molecule has 0 spiro atoms. The van der Waals surface area contributed by atoms with E-state index in [2.05, 4.69) is 39.3 Å². The lowest BCUT2D eigenvalue weighted by atomic mass is 10.5. The van der Waals surface area contributed by atoms with E-state index in [1.807, 2.05) is 0 Å². The lowest BCUT2D eigenvalue weighted by molar-refractivity contribution is -0.138. The highest BCUT2D eigenvalue weighted by atomic mass is 28.4. The van der Waals surface area contributed by atoms with Gasteiger partial charge in [0.25, 0.3) is 0 Å². The van der Waals surface area contributed by atoms with Gasteiger partial charge in [0.05, 0.1) is 13.2 Å². The minimum atomic E-state index is -1.79. The van der Waals surface area contributed by atoms with E-state index in [1.165, 1.54) is 12.2 Å². The van der Waals surface area contributed by atoms with Gasteiger partial charge in [-0.05, 0) is 66.0 Å². The van der Waals surface area contributed by atoms with Crippen LogP contribution in [-0.2, 0) is 27.9 Å². The second kappa shape index (κ2) is 14.9. The van der Waals surface area contributed by atoms with E-state index in [0.29, 0.717) is 13.2 Å². The number of allylic oxidation sites excluding steroid dienone is 2. The summed E-state index contributed by atoms with van der Waals surface area (Å²) in [6.45, 7) is 17.4. The third-order valence-electron chi connectivity index (χ3n) is 3.86. The maximum atomic E-state index is 11.5. The Morgan fingerprint density at radius 1 is 0.767 bits per heavy atom. The van der Waals surface area contributed by atoms with Crippen LogP contribution in [-0.4, -0.2) is 56.5 Å². The summed E-state index contributed by atoms with van der Waals surface area (Å²) in [6, 6.07) is 1.90. The molecule has 0 N–H and O–H groups in total. The summed E-state index contributed by atoms with van der Waals surface area (Å²) in [4.78, 5) is 23.1. The number of esters is 2. The van der Waals surface area contributed by atoms with Crippen molar-refractivity contribution in [3.05, 3.63) is 24.3 Å². The first-order valence-corrected chi connectivity index (χ1v) is 19.9. The third-order valence-corrected chi connectivity index (χ3v) is 9.62. The summed E-state index contributed by atoms with van der Waals surface area (Å²) in [5, 5.41) is 0. The van der Waals surface area contributed by atoms with Gasteiger partial charge in [0, 0.05) is 12.2 Å². The van der Waals surface area contributed by atoms with Crippen molar-refractivity contribution in [2.45, 2.75) is 84.0 Å². The van der Waals surface area contributed by atoms with E-state index >= 15 is 0 Å². The first-order valence-electron chi connectivity index (χ1n) is 10.8. The van der Waals surface area contributed by atoms with Crippen molar-refractivity contribution >= 4 is 37.4 Å². The minimum Gasteiger partial charge on any atom is -0.463 e. The molecule has 0 bridgehead atoms. The molecule has 0 fully saturated rings. The Labute approximate surface area is 186 Å². The standard InChI is InChI=1S/C21H42O6Si3/c1-9-13-19(22)24-15-11-17-28(18-12-16-25-20(23)14-10-2)21(26-29(3,4)5)27-30(6,7)8/h9-10,13-14,21,28H,11-12,15-18H2,1-8H3. The molecule has 0 radical (unpaired) electrons. The number of ether oxygens (including phenoxy) is 2. The molecule has 0 saturated heterocycles. The van der Waals surface area contributed by atoms with Gasteiger partial charge in [0.15, 0.2) is 16.6 Å². The van der Waals surface area contributed by atoms with E-state index in [-0.39, 0.29) is 17.9 Å². The van der Waals surface area contributed by atoms with Crippen LogP contribution in [0.1, 0.15) is 26.7 Å². The van der Waals surface area contributed by atoms with Crippen LogP contribution in [0.3, 0.4) is 0 Å². The molecular weight excluding hydrogens is 432 g/mol. The van der Waals surface area contributed by atoms with E-state index in [1.54, 1.807) is 26.0 Å². The van der Waals surface area contributed by atoms with E-state index in [0.717, 1.165) is 24.9 Å². The molecule has 0 atom stereocenters. The highest BCUT2D eigenvalue weighted by molar-refractivity contribution is 6.73. The van der Waals surface area contributed by atoms with Crippen molar-refractivity contribution in [1.29, 1.82) is 0 Å². The number of hydrogen-bond acceptors (Lipinski definition) is 6. The minimum absolute atomic E-state index is 0.152. The van der Waals surface area contributed by atoms with Gasteiger partial charge < -0.3 is 18.3 Å². The highest BCUT2D eigenvalue weighted by Gasteiger charge is 2.33. The molecule has 0 aromatic carbocycles. The summed E-state index contributed by atoms with van der Waals surface area (Å²) in [6.07, 6.45) is 7.79. The maximum Gasteiger partial charge on any atom is 0.330 e.